The van der Waals surface area contributed by atoms with Crippen LogP contribution in [0.1, 0.15) is 58.1 Å². The van der Waals surface area contributed by atoms with Crippen LogP contribution in [0.2, 0.25) is 0 Å². The smallest absolute Gasteiger partial charge is 0.265 e. The quantitative estimate of drug-likeness (QED) is 0.359. The molecule has 0 saturated heterocycles. The van der Waals surface area contributed by atoms with Crippen LogP contribution < -0.4 is 5.56 Å². The van der Waals surface area contributed by atoms with Gasteiger partial charge in [0, 0.05) is 11.7 Å². The van der Waals surface area contributed by atoms with Crippen LogP contribution in [-0.2, 0) is 0 Å². The van der Waals surface area contributed by atoms with E-state index in [4.69, 9.17) is 15.0 Å². The molecule has 0 spiro atoms. The van der Waals surface area contributed by atoms with Gasteiger partial charge in [0.05, 0.1) is 11.0 Å². The fourth-order valence-electron chi connectivity index (χ4n) is 4.19. The topological polar surface area (TPSA) is 65.6 Å². The molecule has 0 aliphatic carbocycles. The van der Waals surface area contributed by atoms with E-state index in [1.165, 1.54) is 5.56 Å². The first-order valence-corrected chi connectivity index (χ1v) is 11.3. The predicted molar refractivity (Wildman–Crippen MR) is 130 cm³/mol. The first-order valence-electron chi connectivity index (χ1n) is 11.3. The van der Waals surface area contributed by atoms with E-state index >= 15 is 0 Å². The van der Waals surface area contributed by atoms with E-state index < -0.39 is 0 Å². The molecule has 0 saturated carbocycles. The predicted octanol–water partition coefficient (Wildman–Crippen LogP) is 5.77. The van der Waals surface area contributed by atoms with Crippen LogP contribution >= 0.6 is 0 Å². The Balaban J connectivity index is 1.87. The van der Waals surface area contributed by atoms with E-state index in [1.54, 1.807) is 10.9 Å². The minimum absolute atomic E-state index is 0.0565. The number of fused-ring (bicyclic) bond motifs is 4. The van der Waals surface area contributed by atoms with Crippen LogP contribution in [-0.4, -0.2) is 24.1 Å². The lowest BCUT2D eigenvalue weighted by Gasteiger charge is -2.13. The summed E-state index contributed by atoms with van der Waals surface area (Å²) in [6.45, 7) is 8.52. The highest BCUT2D eigenvalue weighted by Gasteiger charge is 2.21. The van der Waals surface area contributed by atoms with Crippen LogP contribution in [0, 0.1) is 0 Å². The second kappa shape index (κ2) is 7.86. The second-order valence-corrected chi connectivity index (χ2v) is 8.53. The van der Waals surface area contributed by atoms with Crippen molar-refractivity contribution in [3.8, 4) is 5.69 Å². The molecular formula is C26H27N5O. The van der Waals surface area contributed by atoms with Gasteiger partial charge in [-0.05, 0) is 55.5 Å². The number of aromatic nitrogens is 5. The molecule has 0 amide bonds. The fourth-order valence-corrected chi connectivity index (χ4v) is 4.19. The third-order valence-corrected chi connectivity index (χ3v) is 6.59. The summed E-state index contributed by atoms with van der Waals surface area (Å²) >= 11 is 0. The van der Waals surface area contributed by atoms with E-state index in [0.29, 0.717) is 28.1 Å². The van der Waals surface area contributed by atoms with Gasteiger partial charge in [0.25, 0.3) is 5.56 Å². The van der Waals surface area contributed by atoms with Crippen molar-refractivity contribution in [1.29, 1.82) is 0 Å². The largest absolute Gasteiger partial charge is 0.296 e. The fraction of sp³-hybridized carbons (Fsp3) is 0.308. The van der Waals surface area contributed by atoms with Gasteiger partial charge in [0.2, 0.25) is 0 Å². The third-order valence-electron chi connectivity index (χ3n) is 6.59. The number of nitrogens with zero attached hydrogens (tertiary/aromatic N) is 5. The Morgan fingerprint density at radius 3 is 2.22 bits per heavy atom. The second-order valence-electron chi connectivity index (χ2n) is 8.53. The molecule has 0 aliphatic heterocycles. The summed E-state index contributed by atoms with van der Waals surface area (Å²) in [6, 6.07) is 16.3. The molecule has 2 atom stereocenters. The Morgan fingerprint density at radius 1 is 0.875 bits per heavy atom. The third kappa shape index (κ3) is 3.09. The van der Waals surface area contributed by atoms with Crippen LogP contribution in [0.5, 0.6) is 0 Å². The Morgan fingerprint density at radius 2 is 1.56 bits per heavy atom. The molecule has 5 rings (SSSR count). The molecule has 0 aliphatic rings. The minimum Gasteiger partial charge on any atom is -0.296 e. The summed E-state index contributed by atoms with van der Waals surface area (Å²) in [5.41, 5.74) is 5.55. The zero-order valence-corrected chi connectivity index (χ0v) is 18.9. The first-order chi connectivity index (χ1) is 15.5. The van der Waals surface area contributed by atoms with Gasteiger partial charge in [-0.2, -0.15) is 0 Å². The molecule has 32 heavy (non-hydrogen) atoms. The van der Waals surface area contributed by atoms with Crippen molar-refractivity contribution in [2.75, 3.05) is 0 Å². The van der Waals surface area contributed by atoms with Gasteiger partial charge >= 0.3 is 0 Å². The van der Waals surface area contributed by atoms with Crippen molar-refractivity contribution in [2.45, 2.75) is 52.5 Å². The highest BCUT2D eigenvalue weighted by atomic mass is 16.1. The van der Waals surface area contributed by atoms with Crippen LogP contribution in [0.3, 0.4) is 0 Å². The van der Waals surface area contributed by atoms with Gasteiger partial charge in [-0.15, -0.1) is 0 Å². The molecule has 162 valence electrons. The Hall–Kier alpha value is -3.54. The maximum absolute atomic E-state index is 13.5. The van der Waals surface area contributed by atoms with Crippen molar-refractivity contribution < 1.29 is 0 Å². The van der Waals surface area contributed by atoms with Crippen LogP contribution in [0.4, 0.5) is 0 Å². The van der Waals surface area contributed by atoms with Gasteiger partial charge in [-0.3, -0.25) is 13.9 Å². The lowest BCUT2D eigenvalue weighted by atomic mass is 9.99. The van der Waals surface area contributed by atoms with Gasteiger partial charge in [0.15, 0.2) is 11.3 Å². The van der Waals surface area contributed by atoms with E-state index in [9.17, 15) is 4.79 Å². The molecule has 0 fully saturated rings. The highest BCUT2D eigenvalue weighted by molar-refractivity contribution is 6.05. The number of hydrogen-bond donors (Lipinski definition) is 0. The molecule has 0 unspecified atom stereocenters. The molecule has 3 heterocycles. The molecule has 6 nitrogen and oxygen atoms in total. The van der Waals surface area contributed by atoms with Crippen molar-refractivity contribution >= 4 is 33.2 Å². The standard InChI is InChI=1S/C26H27N5O/c1-5-16(3)18-11-13-19(14-12-18)31-24-22(26(32)30(15-27-24)17(4)6-2)23-25(31)29-21-10-8-7-9-20(21)28-23/h7-17H,5-6H2,1-4H3/t16-,17+/m1/s1. The van der Waals surface area contributed by atoms with Crippen molar-refractivity contribution in [3.05, 3.63) is 70.8 Å². The van der Waals surface area contributed by atoms with Crippen molar-refractivity contribution in [3.63, 3.8) is 0 Å². The summed E-state index contributed by atoms with van der Waals surface area (Å²) in [4.78, 5) is 28.1. The van der Waals surface area contributed by atoms with E-state index in [-0.39, 0.29) is 11.6 Å². The average molecular weight is 426 g/mol. The highest BCUT2D eigenvalue weighted by Crippen LogP contribution is 2.29. The van der Waals surface area contributed by atoms with Gasteiger partial charge < -0.3 is 0 Å². The maximum atomic E-state index is 13.5. The van der Waals surface area contributed by atoms with Gasteiger partial charge in [-0.1, -0.05) is 45.0 Å². The molecule has 6 heteroatoms. The molecule has 5 aromatic rings. The average Bonchev–Trinajstić information content (AvgIpc) is 3.15. The molecule has 0 N–H and O–H groups in total. The zero-order chi connectivity index (χ0) is 22.4. The number of para-hydroxylation sites is 2. The minimum atomic E-state index is -0.0751. The maximum Gasteiger partial charge on any atom is 0.265 e. The Bertz CT molecular complexity index is 1500. The summed E-state index contributed by atoms with van der Waals surface area (Å²) in [5, 5.41) is 0.520. The molecule has 3 aromatic heterocycles. The van der Waals surface area contributed by atoms with E-state index in [2.05, 4.69) is 45.0 Å². The summed E-state index contributed by atoms with van der Waals surface area (Å²) in [5.74, 6) is 0.492. The number of rotatable bonds is 5. The Labute approximate surface area is 186 Å². The monoisotopic (exact) mass is 425 g/mol. The van der Waals surface area contributed by atoms with Gasteiger partial charge in [-0.25, -0.2) is 15.0 Å². The molecular weight excluding hydrogens is 398 g/mol. The first kappa shape index (κ1) is 20.4. The van der Waals surface area contributed by atoms with Crippen LogP contribution in [0.15, 0.2) is 59.7 Å². The summed E-state index contributed by atoms with van der Waals surface area (Å²) in [7, 11) is 0. The lowest BCUT2D eigenvalue weighted by molar-refractivity contribution is 0.510. The van der Waals surface area contributed by atoms with Gasteiger partial charge in [0.1, 0.15) is 17.2 Å². The van der Waals surface area contributed by atoms with Crippen molar-refractivity contribution in [2.24, 2.45) is 0 Å². The Kier molecular flexibility index (Phi) is 5.00. The lowest BCUT2D eigenvalue weighted by Crippen LogP contribution is -2.23. The summed E-state index contributed by atoms with van der Waals surface area (Å²) in [6.07, 6.45) is 3.59. The van der Waals surface area contributed by atoms with E-state index in [0.717, 1.165) is 29.6 Å². The van der Waals surface area contributed by atoms with Crippen LogP contribution in [0.25, 0.3) is 38.9 Å². The number of benzene rings is 2. The normalized spacial score (nSPS) is 13.8. The molecule has 0 radical (unpaired) electrons. The molecule has 0 bridgehead atoms. The number of hydrogen-bond acceptors (Lipinski definition) is 4. The SMILES string of the molecule is CC[C@@H](C)c1ccc(-n2c3nc4ccccc4nc3c3c(=O)n([C@@H](C)CC)cnc32)cc1. The molecule has 2 aromatic carbocycles. The summed E-state index contributed by atoms with van der Waals surface area (Å²) < 4.78 is 3.67. The van der Waals surface area contributed by atoms with Crippen molar-refractivity contribution in [1.82, 2.24) is 24.1 Å². The zero-order valence-electron chi connectivity index (χ0n) is 18.9. The van der Waals surface area contributed by atoms with E-state index in [1.807, 2.05) is 35.8 Å².